The number of rotatable bonds is 4. The smallest absolute Gasteiger partial charge is 0.223 e. The highest BCUT2D eigenvalue weighted by Gasteiger charge is 2.32. The summed E-state index contributed by atoms with van der Waals surface area (Å²) in [4.78, 5) is 12.2. The monoisotopic (exact) mass is 288 g/mol. The maximum absolute atomic E-state index is 12.2. The molecule has 1 amide bonds. The maximum atomic E-state index is 12.2. The number of nitrogens with one attached hydrogen (secondary N) is 1. The molecule has 2 aliphatic carbocycles. The fourth-order valence-corrected chi connectivity index (χ4v) is 3.79. The Morgan fingerprint density at radius 3 is 2.63 bits per heavy atom. The largest absolute Gasteiger partial charge is 0.356 e. The summed E-state index contributed by atoms with van der Waals surface area (Å²) >= 11 is 0. The van der Waals surface area contributed by atoms with Gasteiger partial charge in [-0.15, -0.1) is 12.4 Å². The molecule has 2 saturated carbocycles. The highest BCUT2D eigenvalue weighted by Crippen LogP contribution is 2.31. The highest BCUT2D eigenvalue weighted by atomic mass is 35.5. The number of amides is 1. The van der Waals surface area contributed by atoms with E-state index in [-0.39, 0.29) is 24.2 Å². The molecule has 0 heterocycles. The molecule has 3 nitrogen and oxygen atoms in total. The van der Waals surface area contributed by atoms with Crippen molar-refractivity contribution in [2.45, 2.75) is 51.9 Å². The molecule has 19 heavy (non-hydrogen) atoms. The molecule has 0 aromatic heterocycles. The van der Waals surface area contributed by atoms with Gasteiger partial charge in [0, 0.05) is 12.5 Å². The third-order valence-electron chi connectivity index (χ3n) is 4.91. The van der Waals surface area contributed by atoms with Crippen LogP contribution in [0.3, 0.4) is 0 Å². The van der Waals surface area contributed by atoms with Crippen molar-refractivity contribution in [2.24, 2.45) is 29.4 Å². The Hall–Kier alpha value is -0.280. The van der Waals surface area contributed by atoms with E-state index >= 15 is 0 Å². The summed E-state index contributed by atoms with van der Waals surface area (Å²) in [6.45, 7) is 3.88. The zero-order chi connectivity index (χ0) is 13.0. The van der Waals surface area contributed by atoms with Crippen molar-refractivity contribution in [3.63, 3.8) is 0 Å². The first-order valence-corrected chi connectivity index (χ1v) is 7.68. The third kappa shape index (κ3) is 4.64. The van der Waals surface area contributed by atoms with E-state index in [1.54, 1.807) is 0 Å². The van der Waals surface area contributed by atoms with Crippen LogP contribution < -0.4 is 11.1 Å². The van der Waals surface area contributed by atoms with Crippen molar-refractivity contribution in [3.8, 4) is 0 Å². The van der Waals surface area contributed by atoms with Crippen LogP contribution in [0.1, 0.15) is 51.9 Å². The molecular formula is C15H29ClN2O. The summed E-state index contributed by atoms with van der Waals surface area (Å²) in [5.74, 6) is 2.42. The van der Waals surface area contributed by atoms with Gasteiger partial charge < -0.3 is 11.1 Å². The van der Waals surface area contributed by atoms with Crippen LogP contribution in [-0.4, -0.2) is 19.0 Å². The molecule has 4 heteroatoms. The quantitative estimate of drug-likeness (QED) is 0.836. The Morgan fingerprint density at radius 2 is 1.95 bits per heavy atom. The minimum atomic E-state index is 0. The van der Waals surface area contributed by atoms with Crippen molar-refractivity contribution in [1.29, 1.82) is 0 Å². The second kappa shape index (κ2) is 8.11. The SMILES string of the molecule is CC1CCCC(CNC(=O)[C@@H]2CCC[C@@H]2CN)C1.Cl. The number of nitrogens with two attached hydrogens (primary N) is 1. The summed E-state index contributed by atoms with van der Waals surface area (Å²) in [6.07, 6.45) is 8.60. The van der Waals surface area contributed by atoms with Crippen LogP contribution in [-0.2, 0) is 4.79 Å². The van der Waals surface area contributed by atoms with Gasteiger partial charge in [0.25, 0.3) is 0 Å². The second-order valence-electron chi connectivity index (χ2n) is 6.42. The topological polar surface area (TPSA) is 55.1 Å². The first-order chi connectivity index (χ1) is 8.70. The van der Waals surface area contributed by atoms with Gasteiger partial charge in [-0.3, -0.25) is 4.79 Å². The van der Waals surface area contributed by atoms with Gasteiger partial charge >= 0.3 is 0 Å². The van der Waals surface area contributed by atoms with E-state index in [0.717, 1.165) is 25.3 Å². The molecule has 3 N–H and O–H groups in total. The van der Waals surface area contributed by atoms with Crippen molar-refractivity contribution in [2.75, 3.05) is 13.1 Å². The van der Waals surface area contributed by atoms with Crippen LogP contribution in [0.5, 0.6) is 0 Å². The van der Waals surface area contributed by atoms with Crippen LogP contribution in [0, 0.1) is 23.7 Å². The number of carbonyl (C=O) groups is 1. The van der Waals surface area contributed by atoms with Crippen molar-refractivity contribution in [1.82, 2.24) is 5.32 Å². The highest BCUT2D eigenvalue weighted by molar-refractivity contribution is 5.85. The zero-order valence-corrected chi connectivity index (χ0v) is 12.9. The number of hydrogen-bond donors (Lipinski definition) is 2. The Kier molecular flexibility index (Phi) is 7.16. The Bertz CT molecular complexity index is 285. The van der Waals surface area contributed by atoms with Gasteiger partial charge in [0.1, 0.15) is 0 Å². The molecule has 0 aromatic carbocycles. The van der Waals surface area contributed by atoms with Crippen molar-refractivity contribution >= 4 is 18.3 Å². The lowest BCUT2D eigenvalue weighted by Gasteiger charge is -2.27. The zero-order valence-electron chi connectivity index (χ0n) is 12.1. The summed E-state index contributed by atoms with van der Waals surface area (Å²) in [5, 5.41) is 3.18. The van der Waals surface area contributed by atoms with E-state index in [0.29, 0.717) is 18.4 Å². The third-order valence-corrected chi connectivity index (χ3v) is 4.91. The average Bonchev–Trinajstić information content (AvgIpc) is 2.84. The van der Waals surface area contributed by atoms with E-state index in [1.165, 1.54) is 32.1 Å². The molecule has 4 atom stereocenters. The minimum absolute atomic E-state index is 0. The van der Waals surface area contributed by atoms with Gasteiger partial charge in [-0.2, -0.15) is 0 Å². The number of carbonyl (C=O) groups excluding carboxylic acids is 1. The number of hydrogen-bond acceptors (Lipinski definition) is 2. The molecule has 0 saturated heterocycles. The van der Waals surface area contributed by atoms with E-state index in [2.05, 4.69) is 12.2 Å². The normalized spacial score (nSPS) is 34.6. The lowest BCUT2D eigenvalue weighted by Crippen LogP contribution is -2.38. The summed E-state index contributed by atoms with van der Waals surface area (Å²) in [5.41, 5.74) is 5.74. The van der Waals surface area contributed by atoms with Gasteiger partial charge in [0.05, 0.1) is 0 Å². The average molecular weight is 289 g/mol. The maximum Gasteiger partial charge on any atom is 0.223 e. The fourth-order valence-electron chi connectivity index (χ4n) is 3.79. The standard InChI is InChI=1S/C15H28N2O.ClH/c1-11-4-2-5-12(8-11)10-17-15(18)14-7-3-6-13(14)9-16;/h11-14H,2-10,16H2,1H3,(H,17,18);1H/t11?,12?,13-,14-;/m1./s1. The van der Waals surface area contributed by atoms with Crippen LogP contribution in [0.4, 0.5) is 0 Å². The van der Waals surface area contributed by atoms with Gasteiger partial charge in [0.15, 0.2) is 0 Å². The summed E-state index contributed by atoms with van der Waals surface area (Å²) in [6, 6.07) is 0. The molecule has 2 rings (SSSR count). The molecule has 0 aliphatic heterocycles. The fraction of sp³-hybridized carbons (Fsp3) is 0.933. The minimum Gasteiger partial charge on any atom is -0.356 e. The predicted octanol–water partition coefficient (Wildman–Crippen LogP) is 2.73. The van der Waals surface area contributed by atoms with Crippen LogP contribution in [0.2, 0.25) is 0 Å². The van der Waals surface area contributed by atoms with Crippen LogP contribution in [0.25, 0.3) is 0 Å². The molecule has 112 valence electrons. The number of halogens is 1. The predicted molar refractivity (Wildman–Crippen MR) is 81.3 cm³/mol. The van der Waals surface area contributed by atoms with Crippen LogP contribution in [0.15, 0.2) is 0 Å². The summed E-state index contributed by atoms with van der Waals surface area (Å²) in [7, 11) is 0. The lowest BCUT2D eigenvalue weighted by atomic mass is 9.82. The van der Waals surface area contributed by atoms with Gasteiger partial charge in [-0.1, -0.05) is 26.2 Å². The van der Waals surface area contributed by atoms with E-state index < -0.39 is 0 Å². The molecule has 0 bridgehead atoms. The Morgan fingerprint density at radius 1 is 1.21 bits per heavy atom. The first kappa shape index (κ1) is 16.8. The lowest BCUT2D eigenvalue weighted by molar-refractivity contribution is -0.126. The first-order valence-electron chi connectivity index (χ1n) is 7.68. The van der Waals surface area contributed by atoms with Crippen molar-refractivity contribution < 1.29 is 4.79 Å². The summed E-state index contributed by atoms with van der Waals surface area (Å²) < 4.78 is 0. The molecule has 2 fully saturated rings. The van der Waals surface area contributed by atoms with Gasteiger partial charge in [0.2, 0.25) is 5.91 Å². The molecular weight excluding hydrogens is 260 g/mol. The van der Waals surface area contributed by atoms with E-state index in [4.69, 9.17) is 5.73 Å². The Labute approximate surface area is 123 Å². The molecule has 0 radical (unpaired) electrons. The Balaban J connectivity index is 0.00000180. The van der Waals surface area contributed by atoms with Crippen molar-refractivity contribution in [3.05, 3.63) is 0 Å². The van der Waals surface area contributed by atoms with E-state index in [1.807, 2.05) is 0 Å². The van der Waals surface area contributed by atoms with Gasteiger partial charge in [-0.05, 0) is 50.0 Å². The van der Waals surface area contributed by atoms with E-state index in [9.17, 15) is 4.79 Å². The molecule has 0 spiro atoms. The molecule has 2 aliphatic rings. The van der Waals surface area contributed by atoms with Crippen LogP contribution >= 0.6 is 12.4 Å². The van der Waals surface area contributed by atoms with Gasteiger partial charge in [-0.25, -0.2) is 0 Å². The second-order valence-corrected chi connectivity index (χ2v) is 6.42. The molecule has 0 aromatic rings. The molecule has 2 unspecified atom stereocenters.